The number of phenolic OH excluding ortho intramolecular Hbond substituents is 2. The molecule has 2 aromatic rings. The standard InChI is InChI=1S/C30H31NO9/c1-11-6-5-7-28(2,3)29(11)10-12-17-19(15(33)9-16(40-4)22(17)29)24(35)21-18(12)23(34)13-8-14(32)20(27(31)38)25(36)30(13,39)26(21)37/h6,9,13,23,32-35,39H,5,7-8,10H2,1-4H3,(H2,31,38)/t13-,23-,29+,30-/m1/s1. The first-order chi connectivity index (χ1) is 18.7. The summed E-state index contributed by atoms with van der Waals surface area (Å²) in [5, 5.41) is 56.9. The van der Waals surface area contributed by atoms with Crippen LogP contribution in [0.2, 0.25) is 0 Å². The van der Waals surface area contributed by atoms with Crippen LogP contribution in [0.4, 0.5) is 0 Å². The Labute approximate surface area is 229 Å². The summed E-state index contributed by atoms with van der Waals surface area (Å²) in [5.41, 5.74) is 2.07. The van der Waals surface area contributed by atoms with Crippen molar-refractivity contribution < 1.29 is 44.7 Å². The summed E-state index contributed by atoms with van der Waals surface area (Å²) < 4.78 is 5.76. The number of carbonyl (C=O) groups excluding carboxylic acids is 3. The van der Waals surface area contributed by atoms with Crippen molar-refractivity contribution in [2.45, 2.75) is 63.6 Å². The Morgan fingerprint density at radius 3 is 2.40 bits per heavy atom. The quantitative estimate of drug-likeness (QED) is 0.186. The average Bonchev–Trinajstić information content (AvgIpc) is 3.23. The summed E-state index contributed by atoms with van der Waals surface area (Å²) in [6.07, 6.45) is 1.80. The zero-order chi connectivity index (χ0) is 29.3. The van der Waals surface area contributed by atoms with Gasteiger partial charge in [0.1, 0.15) is 28.6 Å². The van der Waals surface area contributed by atoms with Gasteiger partial charge in [-0.25, -0.2) is 0 Å². The molecule has 10 nitrogen and oxygen atoms in total. The number of phenols is 2. The number of Topliss-reactive ketones (excluding diaryl/α,β-unsaturated/α-hetero) is 2. The maximum atomic E-state index is 14.0. The van der Waals surface area contributed by atoms with Gasteiger partial charge in [-0.2, -0.15) is 0 Å². The Morgan fingerprint density at radius 1 is 1.12 bits per heavy atom. The van der Waals surface area contributed by atoms with Crippen LogP contribution in [-0.4, -0.2) is 55.7 Å². The molecule has 0 saturated heterocycles. The van der Waals surface area contributed by atoms with Crippen molar-refractivity contribution in [3.63, 3.8) is 0 Å². The van der Waals surface area contributed by atoms with Crippen molar-refractivity contribution in [3.8, 4) is 17.2 Å². The number of ketones is 2. The molecule has 0 heterocycles. The average molecular weight is 550 g/mol. The van der Waals surface area contributed by atoms with Gasteiger partial charge < -0.3 is 36.0 Å². The molecular weight excluding hydrogens is 518 g/mol. The molecular formula is C30H31NO9. The molecule has 0 radical (unpaired) electrons. The van der Waals surface area contributed by atoms with Crippen molar-refractivity contribution in [3.05, 3.63) is 51.3 Å². The molecule has 0 bridgehead atoms. The molecule has 7 N–H and O–H groups in total. The molecule has 0 aromatic heterocycles. The largest absolute Gasteiger partial charge is 0.511 e. The second-order valence-electron chi connectivity index (χ2n) is 12.1. The van der Waals surface area contributed by atoms with E-state index >= 15 is 0 Å². The number of carbonyl (C=O) groups is 3. The van der Waals surface area contributed by atoms with E-state index < -0.39 is 69.6 Å². The number of primary amides is 1. The summed E-state index contributed by atoms with van der Waals surface area (Å²) in [4.78, 5) is 39.3. The summed E-state index contributed by atoms with van der Waals surface area (Å²) in [6, 6.07) is 1.37. The van der Waals surface area contributed by atoms with Gasteiger partial charge in [-0.15, -0.1) is 0 Å². The van der Waals surface area contributed by atoms with Crippen molar-refractivity contribution in [2.75, 3.05) is 7.11 Å². The molecule has 10 heteroatoms. The molecule has 1 spiro atoms. The second kappa shape index (κ2) is 7.86. The molecule has 4 atom stereocenters. The van der Waals surface area contributed by atoms with Crippen molar-refractivity contribution in [1.82, 2.24) is 0 Å². The van der Waals surface area contributed by atoms with Crippen molar-refractivity contribution >= 4 is 28.2 Å². The number of allylic oxidation sites excluding steroid dienone is 3. The van der Waals surface area contributed by atoms with Gasteiger partial charge in [0.15, 0.2) is 5.60 Å². The molecule has 0 fully saturated rings. The number of hydrogen-bond donors (Lipinski definition) is 6. The molecule has 4 aliphatic rings. The van der Waals surface area contributed by atoms with Crippen LogP contribution in [0.1, 0.15) is 73.2 Å². The summed E-state index contributed by atoms with van der Waals surface area (Å²) in [5.74, 6) is -6.99. The van der Waals surface area contributed by atoms with E-state index in [1.165, 1.54) is 13.2 Å². The van der Waals surface area contributed by atoms with E-state index in [4.69, 9.17) is 10.5 Å². The summed E-state index contributed by atoms with van der Waals surface area (Å²) in [7, 11) is 1.48. The van der Waals surface area contributed by atoms with Crippen molar-refractivity contribution in [1.29, 1.82) is 0 Å². The number of nitrogens with two attached hydrogens (primary N) is 1. The number of benzene rings is 2. The maximum Gasteiger partial charge on any atom is 0.255 e. The third-order valence-corrected chi connectivity index (χ3v) is 10.1. The fourth-order valence-corrected chi connectivity index (χ4v) is 8.09. The lowest BCUT2D eigenvalue weighted by Gasteiger charge is -2.49. The van der Waals surface area contributed by atoms with Gasteiger partial charge in [-0.05, 0) is 42.7 Å². The molecule has 4 aliphatic carbocycles. The Morgan fingerprint density at radius 2 is 1.80 bits per heavy atom. The van der Waals surface area contributed by atoms with E-state index in [0.717, 1.165) is 18.4 Å². The first kappa shape index (κ1) is 26.3. The van der Waals surface area contributed by atoms with Crippen LogP contribution < -0.4 is 10.5 Å². The first-order valence-electron chi connectivity index (χ1n) is 13.2. The highest BCUT2D eigenvalue weighted by Gasteiger charge is 2.64. The molecule has 2 aromatic carbocycles. The maximum absolute atomic E-state index is 14.0. The summed E-state index contributed by atoms with van der Waals surface area (Å²) in [6.45, 7) is 6.24. The van der Waals surface area contributed by atoms with E-state index in [-0.39, 0.29) is 28.5 Å². The lowest BCUT2D eigenvalue weighted by atomic mass is 9.54. The number of fused-ring (bicyclic) bond motifs is 4. The van der Waals surface area contributed by atoms with Gasteiger partial charge in [0.25, 0.3) is 5.91 Å². The van der Waals surface area contributed by atoms with Gasteiger partial charge in [0, 0.05) is 34.8 Å². The number of aliphatic hydroxyl groups is 3. The lowest BCUT2D eigenvalue weighted by molar-refractivity contribution is -0.143. The molecule has 6 rings (SSSR count). The predicted octanol–water partition coefficient (Wildman–Crippen LogP) is 2.67. The SMILES string of the molecule is COc1cc(O)c2c(O)c3c(c4c2c1[C@]1(C4)C(C)=CCCC1(C)C)[C@H](O)[C@H]1CC(O)=C(C(N)=O)C(=O)[C@@]1(O)C3=O. The van der Waals surface area contributed by atoms with Gasteiger partial charge in [-0.3, -0.25) is 14.4 Å². The number of aliphatic hydroxyl groups excluding tert-OH is 2. The molecule has 1 amide bonds. The Kier molecular flexibility index (Phi) is 5.17. The number of hydrogen-bond acceptors (Lipinski definition) is 9. The van der Waals surface area contributed by atoms with Gasteiger partial charge >= 0.3 is 0 Å². The van der Waals surface area contributed by atoms with Crippen LogP contribution >= 0.6 is 0 Å². The van der Waals surface area contributed by atoms with E-state index in [1.54, 1.807) is 0 Å². The van der Waals surface area contributed by atoms with Crippen LogP contribution in [0.3, 0.4) is 0 Å². The van der Waals surface area contributed by atoms with Crippen LogP contribution in [-0.2, 0) is 21.4 Å². The zero-order valence-corrected chi connectivity index (χ0v) is 22.6. The number of amides is 1. The van der Waals surface area contributed by atoms with E-state index in [9.17, 15) is 39.9 Å². The normalized spacial score (nSPS) is 30.4. The van der Waals surface area contributed by atoms with Crippen molar-refractivity contribution in [2.24, 2.45) is 17.1 Å². The fraction of sp³-hybridized carbons (Fsp3) is 0.433. The number of aromatic hydroxyl groups is 2. The first-order valence-corrected chi connectivity index (χ1v) is 13.2. The number of methoxy groups -OCH3 is 1. The molecule has 0 unspecified atom stereocenters. The monoisotopic (exact) mass is 549 g/mol. The topological polar surface area (TPSA) is 188 Å². The minimum Gasteiger partial charge on any atom is -0.511 e. The Balaban J connectivity index is 1.75. The fourth-order valence-electron chi connectivity index (χ4n) is 8.09. The Bertz CT molecular complexity index is 1670. The molecule has 0 saturated carbocycles. The van der Waals surface area contributed by atoms with E-state index in [0.29, 0.717) is 22.3 Å². The van der Waals surface area contributed by atoms with Crippen LogP contribution in [0, 0.1) is 11.3 Å². The van der Waals surface area contributed by atoms with Crippen LogP contribution in [0.5, 0.6) is 17.2 Å². The highest BCUT2D eigenvalue weighted by molar-refractivity contribution is 6.33. The number of ether oxygens (including phenoxy) is 1. The summed E-state index contributed by atoms with van der Waals surface area (Å²) >= 11 is 0. The predicted molar refractivity (Wildman–Crippen MR) is 142 cm³/mol. The molecule has 210 valence electrons. The highest BCUT2D eigenvalue weighted by Crippen LogP contribution is 2.66. The van der Waals surface area contributed by atoms with Crippen LogP contribution in [0.15, 0.2) is 29.0 Å². The van der Waals surface area contributed by atoms with E-state index in [2.05, 4.69) is 19.9 Å². The lowest BCUT2D eigenvalue weighted by Crippen LogP contribution is -2.61. The highest BCUT2D eigenvalue weighted by atomic mass is 16.5. The van der Waals surface area contributed by atoms with Gasteiger partial charge in [0.05, 0.1) is 24.2 Å². The van der Waals surface area contributed by atoms with E-state index in [1.807, 2.05) is 6.92 Å². The minimum absolute atomic E-state index is 0.0211. The van der Waals surface area contributed by atoms with Crippen LogP contribution in [0.25, 0.3) is 10.8 Å². The number of rotatable bonds is 2. The third-order valence-electron chi connectivity index (χ3n) is 10.1. The van der Waals surface area contributed by atoms with Gasteiger partial charge in [0.2, 0.25) is 11.6 Å². The molecule has 0 aliphatic heterocycles. The smallest absolute Gasteiger partial charge is 0.255 e. The third kappa shape index (κ3) is 2.73. The van der Waals surface area contributed by atoms with Gasteiger partial charge in [-0.1, -0.05) is 25.5 Å². The molecule has 40 heavy (non-hydrogen) atoms. The second-order valence-corrected chi connectivity index (χ2v) is 12.1. The minimum atomic E-state index is -2.97. The Hall–Kier alpha value is -3.89. The zero-order valence-electron chi connectivity index (χ0n) is 22.6.